The highest BCUT2D eigenvalue weighted by molar-refractivity contribution is 5.26. The predicted molar refractivity (Wildman–Crippen MR) is 63.5 cm³/mol. The molecular formula is C12H19N3O2. The molecule has 5 heteroatoms. The zero-order chi connectivity index (χ0) is 12.4. The van der Waals surface area contributed by atoms with Gasteiger partial charge >= 0.3 is 5.82 Å². The van der Waals surface area contributed by atoms with Crippen LogP contribution in [0.5, 0.6) is 5.75 Å². The Morgan fingerprint density at radius 2 is 1.94 bits per heavy atom. The van der Waals surface area contributed by atoms with Crippen molar-refractivity contribution < 1.29 is 9.84 Å². The van der Waals surface area contributed by atoms with Gasteiger partial charge < -0.3 is 10.3 Å². The number of aromatic nitrogens is 2. The summed E-state index contributed by atoms with van der Waals surface area (Å²) < 4.78 is 0.747. The lowest BCUT2D eigenvalue weighted by atomic mass is 10.1. The topological polar surface area (TPSA) is 63.3 Å². The number of rotatable bonds is 2. The van der Waals surface area contributed by atoms with Gasteiger partial charge in [0.25, 0.3) is 0 Å². The van der Waals surface area contributed by atoms with E-state index in [0.717, 1.165) is 17.8 Å². The van der Waals surface area contributed by atoms with Crippen molar-refractivity contribution in [3.63, 3.8) is 0 Å². The molecule has 1 aliphatic heterocycles. The molecule has 0 radical (unpaired) electrons. The molecule has 2 heterocycles. The van der Waals surface area contributed by atoms with Crippen molar-refractivity contribution in [1.29, 1.82) is 0 Å². The summed E-state index contributed by atoms with van der Waals surface area (Å²) in [5, 5.41) is 21.5. The van der Waals surface area contributed by atoms with Gasteiger partial charge in [0.15, 0.2) is 5.69 Å². The molecule has 0 aliphatic carbocycles. The van der Waals surface area contributed by atoms with E-state index in [-0.39, 0.29) is 5.75 Å². The normalized spacial score (nSPS) is 17.3. The lowest BCUT2D eigenvalue weighted by Crippen LogP contribution is -2.41. The third-order valence-corrected chi connectivity index (χ3v) is 3.33. The highest BCUT2D eigenvalue weighted by Gasteiger charge is 2.21. The fourth-order valence-electron chi connectivity index (χ4n) is 2.26. The van der Waals surface area contributed by atoms with Gasteiger partial charge in [-0.05, 0) is 30.9 Å². The van der Waals surface area contributed by atoms with E-state index in [1.807, 2.05) is 0 Å². The van der Waals surface area contributed by atoms with Crippen LogP contribution in [0.4, 0.5) is 0 Å². The average molecular weight is 237 g/mol. The quantitative estimate of drug-likeness (QED) is 0.616. The maximum absolute atomic E-state index is 11.9. The number of nitrogens with zero attached hydrogens (tertiary/aromatic N) is 3. The number of hydrogen-bond donors (Lipinski definition) is 1. The molecule has 5 nitrogen and oxygen atoms in total. The van der Waals surface area contributed by atoms with Crippen molar-refractivity contribution >= 4 is 0 Å². The molecule has 0 unspecified atom stereocenters. The van der Waals surface area contributed by atoms with E-state index < -0.39 is 0 Å². The molecule has 1 N–H and O–H groups in total. The number of aryl methyl sites for hydroxylation is 1. The Balaban J connectivity index is 2.20. The van der Waals surface area contributed by atoms with Crippen molar-refractivity contribution in [2.24, 2.45) is 0 Å². The lowest BCUT2D eigenvalue weighted by Gasteiger charge is -2.25. The first kappa shape index (κ1) is 12.1. The van der Waals surface area contributed by atoms with E-state index in [1.54, 1.807) is 13.8 Å². The minimum Gasteiger partial charge on any atom is -0.710 e. The van der Waals surface area contributed by atoms with E-state index in [9.17, 15) is 10.3 Å². The van der Waals surface area contributed by atoms with Gasteiger partial charge in [0.1, 0.15) is 12.2 Å². The summed E-state index contributed by atoms with van der Waals surface area (Å²) in [5.74, 6) is 0.488. The second-order valence-electron chi connectivity index (χ2n) is 4.68. The van der Waals surface area contributed by atoms with Gasteiger partial charge in [-0.1, -0.05) is 6.42 Å². The van der Waals surface area contributed by atoms with Crippen LogP contribution in [0.25, 0.3) is 0 Å². The van der Waals surface area contributed by atoms with Crippen LogP contribution in [0, 0.1) is 19.1 Å². The van der Waals surface area contributed by atoms with Gasteiger partial charge in [-0.3, -0.25) is 4.90 Å². The number of likely N-dealkylation sites (tertiary alicyclic amines) is 1. The first-order valence-corrected chi connectivity index (χ1v) is 6.10. The lowest BCUT2D eigenvalue weighted by molar-refractivity contribution is -0.626. The van der Waals surface area contributed by atoms with E-state index in [0.29, 0.717) is 23.8 Å². The monoisotopic (exact) mass is 237 g/mol. The Labute approximate surface area is 101 Å². The van der Waals surface area contributed by atoms with Crippen molar-refractivity contribution in [1.82, 2.24) is 9.88 Å². The minimum atomic E-state index is 0.00222. The fraction of sp³-hybridized carbons (Fsp3) is 0.667. The number of hydrogen-bond acceptors (Lipinski definition) is 4. The Kier molecular flexibility index (Phi) is 3.47. The summed E-state index contributed by atoms with van der Waals surface area (Å²) in [7, 11) is 0. The number of aromatic hydroxyl groups is 1. The molecule has 0 aromatic carbocycles. The van der Waals surface area contributed by atoms with Gasteiger partial charge in [-0.15, -0.1) is 0 Å². The van der Waals surface area contributed by atoms with Crippen LogP contribution in [-0.4, -0.2) is 28.1 Å². The summed E-state index contributed by atoms with van der Waals surface area (Å²) in [5.41, 5.74) is 0.867. The fourth-order valence-corrected chi connectivity index (χ4v) is 2.26. The van der Waals surface area contributed by atoms with E-state index in [2.05, 4.69) is 9.88 Å². The van der Waals surface area contributed by atoms with Gasteiger partial charge in [-0.25, -0.2) is 4.73 Å². The smallest absolute Gasteiger partial charge is 0.316 e. The van der Waals surface area contributed by atoms with Crippen LogP contribution < -0.4 is 4.73 Å². The molecule has 1 fully saturated rings. The molecule has 0 spiro atoms. The molecule has 2 rings (SSSR count). The van der Waals surface area contributed by atoms with Crippen LogP contribution in [-0.2, 0) is 6.54 Å². The zero-order valence-corrected chi connectivity index (χ0v) is 10.4. The van der Waals surface area contributed by atoms with Crippen molar-refractivity contribution in [3.05, 3.63) is 22.4 Å². The molecule has 94 valence electrons. The van der Waals surface area contributed by atoms with E-state index >= 15 is 0 Å². The second kappa shape index (κ2) is 4.87. The molecule has 0 atom stereocenters. The van der Waals surface area contributed by atoms with Crippen molar-refractivity contribution in [2.75, 3.05) is 13.1 Å². The molecule has 0 amide bonds. The third-order valence-electron chi connectivity index (χ3n) is 3.33. The first-order chi connectivity index (χ1) is 8.09. The van der Waals surface area contributed by atoms with Gasteiger partial charge in [0.05, 0.1) is 0 Å². The highest BCUT2D eigenvalue weighted by atomic mass is 16.5. The van der Waals surface area contributed by atoms with Gasteiger partial charge in [0.2, 0.25) is 5.75 Å². The molecular weight excluding hydrogens is 218 g/mol. The van der Waals surface area contributed by atoms with Gasteiger partial charge in [-0.2, -0.15) is 0 Å². The van der Waals surface area contributed by atoms with E-state index in [1.165, 1.54) is 19.3 Å². The largest absolute Gasteiger partial charge is 0.710 e. The molecule has 17 heavy (non-hydrogen) atoms. The summed E-state index contributed by atoms with van der Waals surface area (Å²) in [4.78, 5) is 6.43. The Morgan fingerprint density at radius 1 is 1.29 bits per heavy atom. The SMILES string of the molecule is Cc1nc(CN2CCCCC2)[n+]([O-])c(C)c1O. The summed E-state index contributed by atoms with van der Waals surface area (Å²) in [6, 6.07) is 0. The predicted octanol–water partition coefficient (Wildman–Crippen LogP) is 1.02. The van der Waals surface area contributed by atoms with Crippen LogP contribution in [0.1, 0.15) is 36.5 Å². The van der Waals surface area contributed by atoms with Crippen molar-refractivity contribution in [3.8, 4) is 5.75 Å². The Hall–Kier alpha value is -1.36. The van der Waals surface area contributed by atoms with Gasteiger partial charge in [0, 0.05) is 13.8 Å². The van der Waals surface area contributed by atoms with Crippen LogP contribution >= 0.6 is 0 Å². The maximum Gasteiger partial charge on any atom is 0.316 e. The van der Waals surface area contributed by atoms with Crippen LogP contribution in [0.3, 0.4) is 0 Å². The summed E-state index contributed by atoms with van der Waals surface area (Å²) in [6.07, 6.45) is 3.65. The maximum atomic E-state index is 11.9. The molecule has 1 aliphatic rings. The van der Waals surface area contributed by atoms with E-state index in [4.69, 9.17) is 0 Å². The molecule has 1 saturated heterocycles. The van der Waals surface area contributed by atoms with Crippen LogP contribution in [0.2, 0.25) is 0 Å². The average Bonchev–Trinajstić information content (AvgIpc) is 2.35. The minimum absolute atomic E-state index is 0.00222. The summed E-state index contributed by atoms with van der Waals surface area (Å²) >= 11 is 0. The molecule has 0 saturated carbocycles. The number of piperidine rings is 1. The third kappa shape index (κ3) is 2.49. The molecule has 0 bridgehead atoms. The molecule has 1 aromatic rings. The molecule has 1 aromatic heterocycles. The Morgan fingerprint density at radius 3 is 2.59 bits per heavy atom. The first-order valence-electron chi connectivity index (χ1n) is 6.10. The zero-order valence-electron chi connectivity index (χ0n) is 10.4. The Bertz CT molecular complexity index is 415. The highest BCUT2D eigenvalue weighted by Crippen LogP contribution is 2.17. The van der Waals surface area contributed by atoms with Crippen LogP contribution in [0.15, 0.2) is 0 Å². The standard InChI is InChI=1S/C12H19N3O2/c1-9-12(16)10(2)15(17)11(13-9)8-14-6-4-3-5-7-14/h16H,3-8H2,1-2H3. The van der Waals surface area contributed by atoms with Crippen molar-refractivity contribution in [2.45, 2.75) is 39.7 Å². The summed E-state index contributed by atoms with van der Waals surface area (Å²) in [6.45, 7) is 5.98. The second-order valence-corrected chi connectivity index (χ2v) is 4.68.